The Morgan fingerprint density at radius 3 is 2.00 bits per heavy atom. The number of hydrogen-bond acceptors (Lipinski definition) is 2. The summed E-state index contributed by atoms with van der Waals surface area (Å²) >= 11 is 0. The zero-order valence-corrected chi connectivity index (χ0v) is 11.5. The number of hydrogen-bond donors (Lipinski definition) is 1. The van der Waals surface area contributed by atoms with Gasteiger partial charge in [0, 0.05) is 12.8 Å². The Kier molecular flexibility index (Phi) is 3.33. The Hall–Kier alpha value is -1.15. The lowest BCUT2D eigenvalue weighted by Crippen LogP contribution is -2.31. The fourth-order valence-electron chi connectivity index (χ4n) is 2.51. The second-order valence-electron chi connectivity index (χ2n) is 6.40. The van der Waals surface area contributed by atoms with Crippen LogP contribution in [0.25, 0.3) is 0 Å². The van der Waals surface area contributed by atoms with Crippen molar-refractivity contribution < 1.29 is 9.90 Å². The molecule has 2 nitrogen and oxygen atoms in total. The minimum absolute atomic E-state index is 0.129. The van der Waals surface area contributed by atoms with Crippen LogP contribution in [0.3, 0.4) is 0 Å². The second-order valence-corrected chi connectivity index (χ2v) is 6.40. The molecule has 0 aliphatic heterocycles. The van der Waals surface area contributed by atoms with Gasteiger partial charge in [-0.15, -0.1) is 0 Å². The van der Waals surface area contributed by atoms with Crippen LogP contribution in [0, 0.1) is 0 Å². The summed E-state index contributed by atoms with van der Waals surface area (Å²) in [7, 11) is 0. The Labute approximate surface area is 109 Å². The van der Waals surface area contributed by atoms with Gasteiger partial charge in [-0.05, 0) is 29.4 Å². The molecule has 0 atom stereocenters. The van der Waals surface area contributed by atoms with Gasteiger partial charge in [0.2, 0.25) is 0 Å². The standard InChI is InChI=1S/C16H22O2/c1-15(2,3)12-4-6-13(7-5-12)16(18)10-8-14(17)9-11-16/h4-7,18H,8-11H2,1-3H3. The van der Waals surface area contributed by atoms with Crippen molar-refractivity contribution in [2.75, 3.05) is 0 Å². The van der Waals surface area contributed by atoms with E-state index in [0.29, 0.717) is 25.7 Å². The van der Waals surface area contributed by atoms with E-state index >= 15 is 0 Å². The number of Topliss-reactive ketones (excluding diaryl/α,β-unsaturated/α-hetero) is 1. The molecule has 0 heterocycles. The van der Waals surface area contributed by atoms with E-state index in [9.17, 15) is 9.90 Å². The summed E-state index contributed by atoms with van der Waals surface area (Å²) in [5.41, 5.74) is 1.54. The molecule has 0 amide bonds. The first-order valence-electron chi connectivity index (χ1n) is 6.66. The lowest BCUT2D eigenvalue weighted by Gasteiger charge is -2.32. The van der Waals surface area contributed by atoms with E-state index in [4.69, 9.17) is 0 Å². The van der Waals surface area contributed by atoms with Crippen molar-refractivity contribution in [1.29, 1.82) is 0 Å². The number of ketones is 1. The molecule has 2 rings (SSSR count). The van der Waals surface area contributed by atoms with Crippen molar-refractivity contribution in [2.24, 2.45) is 0 Å². The summed E-state index contributed by atoms with van der Waals surface area (Å²) in [6, 6.07) is 8.19. The molecular formula is C16H22O2. The summed E-state index contributed by atoms with van der Waals surface area (Å²) in [5.74, 6) is 0.269. The number of aliphatic hydroxyl groups is 1. The van der Waals surface area contributed by atoms with E-state index in [1.165, 1.54) is 5.56 Å². The highest BCUT2D eigenvalue weighted by atomic mass is 16.3. The summed E-state index contributed by atoms with van der Waals surface area (Å²) in [4.78, 5) is 11.3. The molecule has 0 unspecified atom stereocenters. The van der Waals surface area contributed by atoms with E-state index in [1.807, 2.05) is 12.1 Å². The van der Waals surface area contributed by atoms with Crippen LogP contribution in [-0.2, 0) is 15.8 Å². The average molecular weight is 246 g/mol. The predicted octanol–water partition coefficient (Wildman–Crippen LogP) is 3.31. The lowest BCUT2D eigenvalue weighted by molar-refractivity contribution is -0.125. The van der Waals surface area contributed by atoms with Crippen molar-refractivity contribution >= 4 is 5.78 Å². The normalized spacial score (nSPS) is 19.9. The lowest BCUT2D eigenvalue weighted by atomic mass is 9.78. The van der Waals surface area contributed by atoms with Crippen LogP contribution in [0.5, 0.6) is 0 Å². The van der Waals surface area contributed by atoms with Gasteiger partial charge in [0.25, 0.3) is 0 Å². The highest BCUT2D eigenvalue weighted by Crippen LogP contribution is 2.36. The van der Waals surface area contributed by atoms with Crippen LogP contribution >= 0.6 is 0 Å². The van der Waals surface area contributed by atoms with Gasteiger partial charge in [-0.25, -0.2) is 0 Å². The summed E-state index contributed by atoms with van der Waals surface area (Å²) < 4.78 is 0. The fourth-order valence-corrected chi connectivity index (χ4v) is 2.51. The summed E-state index contributed by atoms with van der Waals surface area (Å²) in [5, 5.41) is 10.6. The minimum atomic E-state index is -0.801. The third-order valence-electron chi connectivity index (χ3n) is 3.92. The Morgan fingerprint density at radius 1 is 1.06 bits per heavy atom. The Balaban J connectivity index is 2.22. The molecule has 1 N–H and O–H groups in total. The van der Waals surface area contributed by atoms with E-state index in [-0.39, 0.29) is 11.2 Å². The molecule has 0 bridgehead atoms. The van der Waals surface area contributed by atoms with Gasteiger partial charge in [-0.2, -0.15) is 0 Å². The van der Waals surface area contributed by atoms with E-state index in [1.54, 1.807) is 0 Å². The maximum Gasteiger partial charge on any atom is 0.133 e. The molecule has 1 aromatic rings. The van der Waals surface area contributed by atoms with Crippen molar-refractivity contribution in [3.05, 3.63) is 35.4 Å². The molecule has 0 radical (unpaired) electrons. The van der Waals surface area contributed by atoms with Crippen molar-refractivity contribution in [3.63, 3.8) is 0 Å². The maximum absolute atomic E-state index is 11.3. The first kappa shape index (κ1) is 13.3. The monoisotopic (exact) mass is 246 g/mol. The quantitative estimate of drug-likeness (QED) is 0.825. The smallest absolute Gasteiger partial charge is 0.133 e. The zero-order valence-electron chi connectivity index (χ0n) is 11.5. The van der Waals surface area contributed by atoms with Crippen molar-refractivity contribution in [1.82, 2.24) is 0 Å². The van der Waals surface area contributed by atoms with Crippen LogP contribution < -0.4 is 0 Å². The fraction of sp³-hybridized carbons (Fsp3) is 0.562. The van der Waals surface area contributed by atoms with E-state index < -0.39 is 5.60 Å². The van der Waals surface area contributed by atoms with E-state index in [2.05, 4.69) is 32.9 Å². The summed E-state index contributed by atoms with van der Waals surface area (Å²) in [6.07, 6.45) is 2.11. The topological polar surface area (TPSA) is 37.3 Å². The molecule has 1 fully saturated rings. The maximum atomic E-state index is 11.3. The highest BCUT2D eigenvalue weighted by Gasteiger charge is 2.34. The molecular weight excluding hydrogens is 224 g/mol. The molecule has 0 saturated heterocycles. The van der Waals surface area contributed by atoms with Crippen molar-refractivity contribution in [2.45, 2.75) is 57.5 Å². The molecule has 1 aliphatic carbocycles. The Bertz CT molecular complexity index is 427. The number of carbonyl (C=O) groups is 1. The van der Waals surface area contributed by atoms with Crippen LogP contribution in [0.1, 0.15) is 57.6 Å². The van der Waals surface area contributed by atoms with Crippen LogP contribution in [0.4, 0.5) is 0 Å². The minimum Gasteiger partial charge on any atom is -0.385 e. The SMILES string of the molecule is CC(C)(C)c1ccc(C2(O)CCC(=O)CC2)cc1. The highest BCUT2D eigenvalue weighted by molar-refractivity contribution is 5.79. The number of benzene rings is 1. The van der Waals surface area contributed by atoms with Gasteiger partial charge < -0.3 is 5.11 Å². The molecule has 1 aliphatic rings. The third-order valence-corrected chi connectivity index (χ3v) is 3.92. The summed E-state index contributed by atoms with van der Waals surface area (Å²) in [6.45, 7) is 6.53. The largest absolute Gasteiger partial charge is 0.385 e. The predicted molar refractivity (Wildman–Crippen MR) is 72.5 cm³/mol. The van der Waals surface area contributed by atoms with Crippen LogP contribution in [-0.4, -0.2) is 10.9 Å². The number of rotatable bonds is 1. The molecule has 1 aromatic carbocycles. The zero-order chi connectivity index (χ0) is 13.4. The number of carbonyl (C=O) groups excluding carboxylic acids is 1. The van der Waals surface area contributed by atoms with Gasteiger partial charge in [0.15, 0.2) is 0 Å². The third kappa shape index (κ3) is 2.64. The average Bonchev–Trinajstić information content (AvgIpc) is 2.32. The van der Waals surface area contributed by atoms with Gasteiger partial charge >= 0.3 is 0 Å². The second kappa shape index (κ2) is 4.51. The van der Waals surface area contributed by atoms with Gasteiger partial charge in [-0.1, -0.05) is 45.0 Å². The first-order chi connectivity index (χ1) is 8.31. The molecule has 1 saturated carbocycles. The van der Waals surface area contributed by atoms with Gasteiger partial charge in [0.1, 0.15) is 5.78 Å². The molecule has 0 spiro atoms. The first-order valence-corrected chi connectivity index (χ1v) is 6.66. The van der Waals surface area contributed by atoms with E-state index in [0.717, 1.165) is 5.56 Å². The van der Waals surface area contributed by atoms with Crippen molar-refractivity contribution in [3.8, 4) is 0 Å². The Morgan fingerprint density at radius 2 is 1.56 bits per heavy atom. The molecule has 0 aromatic heterocycles. The van der Waals surface area contributed by atoms with Crippen LogP contribution in [0.2, 0.25) is 0 Å². The molecule has 98 valence electrons. The molecule has 2 heteroatoms. The van der Waals surface area contributed by atoms with Gasteiger partial charge in [-0.3, -0.25) is 4.79 Å². The van der Waals surface area contributed by atoms with Crippen LogP contribution in [0.15, 0.2) is 24.3 Å². The van der Waals surface area contributed by atoms with Gasteiger partial charge in [0.05, 0.1) is 5.60 Å². The molecule has 18 heavy (non-hydrogen) atoms.